The second-order valence-corrected chi connectivity index (χ2v) is 6.93. The molecule has 0 aliphatic heterocycles. The fourth-order valence-electron chi connectivity index (χ4n) is 3.19. The van der Waals surface area contributed by atoms with E-state index < -0.39 is 35.8 Å². The maximum Gasteiger partial charge on any atom is 0.573 e. The summed E-state index contributed by atoms with van der Waals surface area (Å²) in [7, 11) is 0. The fourth-order valence-corrected chi connectivity index (χ4v) is 3.19. The van der Waals surface area contributed by atoms with Gasteiger partial charge in [-0.15, -0.1) is 13.2 Å². The number of nitrogens with one attached hydrogen (secondary N) is 1. The first-order valence-electron chi connectivity index (χ1n) is 9.74. The lowest BCUT2D eigenvalue weighted by Gasteiger charge is -2.14. The smallest absolute Gasteiger partial charge is 0.406 e. The Morgan fingerprint density at radius 3 is 2.17 bits per heavy atom. The van der Waals surface area contributed by atoms with Crippen molar-refractivity contribution in [1.29, 1.82) is 0 Å². The molecule has 2 heterocycles. The third kappa shape index (κ3) is 5.57. The van der Waals surface area contributed by atoms with Gasteiger partial charge < -0.3 is 14.0 Å². The van der Waals surface area contributed by atoms with Crippen LogP contribution in [0.3, 0.4) is 0 Å². The Bertz CT molecular complexity index is 1310. The first-order chi connectivity index (χ1) is 16.5. The molecule has 35 heavy (non-hydrogen) atoms. The highest BCUT2D eigenvalue weighted by atomic mass is 19.4. The molecule has 0 bridgehead atoms. The number of amides is 1. The second kappa shape index (κ2) is 9.08. The zero-order chi connectivity index (χ0) is 25.2. The van der Waals surface area contributed by atoms with Gasteiger partial charge in [0.05, 0.1) is 23.3 Å². The van der Waals surface area contributed by atoms with E-state index >= 15 is 0 Å². The Labute approximate surface area is 193 Å². The molecule has 0 spiro atoms. The van der Waals surface area contributed by atoms with Gasteiger partial charge in [-0.3, -0.25) is 5.32 Å². The minimum atomic E-state index is -5.02. The zero-order valence-corrected chi connectivity index (χ0v) is 17.3. The van der Waals surface area contributed by atoms with E-state index in [-0.39, 0.29) is 11.4 Å². The van der Waals surface area contributed by atoms with E-state index in [1.807, 2.05) is 0 Å². The Morgan fingerprint density at radius 2 is 1.54 bits per heavy atom. The van der Waals surface area contributed by atoms with Crippen LogP contribution in [0.4, 0.5) is 36.8 Å². The molecule has 4 rings (SSSR count). The molecule has 13 heteroatoms. The Hall–Kier alpha value is -4.42. The molecule has 7 nitrogen and oxygen atoms in total. The highest BCUT2D eigenvalue weighted by Crippen LogP contribution is 2.38. The lowest BCUT2D eigenvalue weighted by molar-refractivity contribution is -0.274. The molecular formula is C22H14F6N4O3. The molecule has 0 aliphatic rings. The van der Waals surface area contributed by atoms with Crippen molar-refractivity contribution in [3.63, 3.8) is 0 Å². The van der Waals surface area contributed by atoms with E-state index in [4.69, 9.17) is 4.74 Å². The minimum Gasteiger partial charge on any atom is -0.406 e. The molecule has 182 valence electrons. The van der Waals surface area contributed by atoms with Crippen LogP contribution in [0.2, 0.25) is 0 Å². The molecular weight excluding hydrogens is 482 g/mol. The van der Waals surface area contributed by atoms with Gasteiger partial charge in [-0.2, -0.15) is 18.3 Å². The number of aromatic nitrogens is 3. The van der Waals surface area contributed by atoms with Crippen molar-refractivity contribution >= 4 is 11.8 Å². The van der Waals surface area contributed by atoms with Gasteiger partial charge in [-0.25, -0.2) is 9.48 Å². The van der Waals surface area contributed by atoms with Crippen molar-refractivity contribution in [2.45, 2.75) is 12.5 Å². The maximum absolute atomic E-state index is 13.8. The van der Waals surface area contributed by atoms with Gasteiger partial charge in [-0.1, -0.05) is 12.1 Å². The van der Waals surface area contributed by atoms with Gasteiger partial charge in [-0.05, 0) is 48.5 Å². The number of rotatable bonds is 5. The van der Waals surface area contributed by atoms with Crippen LogP contribution in [0, 0.1) is 0 Å². The van der Waals surface area contributed by atoms with E-state index in [1.54, 1.807) is 47.3 Å². The van der Waals surface area contributed by atoms with E-state index in [2.05, 4.69) is 15.2 Å². The topological polar surface area (TPSA) is 70.3 Å². The summed E-state index contributed by atoms with van der Waals surface area (Å²) in [6, 6.07) is 13.6. The summed E-state index contributed by atoms with van der Waals surface area (Å²) in [5, 5.41) is 5.99. The number of ether oxygens (including phenoxy) is 2. The molecule has 2 aromatic carbocycles. The highest BCUT2D eigenvalue weighted by molar-refractivity contribution is 5.89. The molecule has 1 N–H and O–H groups in total. The predicted molar refractivity (Wildman–Crippen MR) is 111 cm³/mol. The van der Waals surface area contributed by atoms with Crippen LogP contribution >= 0.6 is 0 Å². The summed E-state index contributed by atoms with van der Waals surface area (Å²) in [6.07, 6.45) is -7.08. The third-order valence-electron chi connectivity index (χ3n) is 4.55. The van der Waals surface area contributed by atoms with Gasteiger partial charge in [0, 0.05) is 12.4 Å². The average Bonchev–Trinajstić information content (AvgIpc) is 3.43. The normalized spacial score (nSPS) is 11.8. The Kier molecular flexibility index (Phi) is 6.16. The van der Waals surface area contributed by atoms with Crippen molar-refractivity contribution in [2.24, 2.45) is 0 Å². The van der Waals surface area contributed by atoms with Crippen LogP contribution in [-0.4, -0.2) is 26.8 Å². The molecule has 0 fully saturated rings. The molecule has 0 saturated heterocycles. The van der Waals surface area contributed by atoms with Crippen molar-refractivity contribution in [3.8, 4) is 22.9 Å². The number of halogens is 6. The van der Waals surface area contributed by atoms with Crippen molar-refractivity contribution in [1.82, 2.24) is 14.3 Å². The number of hydrogen-bond donors (Lipinski definition) is 1. The van der Waals surface area contributed by atoms with Crippen molar-refractivity contribution in [2.75, 3.05) is 5.32 Å². The number of para-hydroxylation sites is 2. The average molecular weight is 496 g/mol. The first kappa shape index (κ1) is 23.7. The summed E-state index contributed by atoms with van der Waals surface area (Å²) < 4.78 is 89.1. The molecule has 0 radical (unpaired) electrons. The molecule has 2 aromatic heterocycles. The number of hydrogen-bond acceptors (Lipinski definition) is 4. The van der Waals surface area contributed by atoms with Crippen molar-refractivity contribution in [3.05, 3.63) is 84.9 Å². The van der Waals surface area contributed by atoms with E-state index in [0.717, 1.165) is 24.3 Å². The molecule has 0 atom stereocenters. The highest BCUT2D eigenvalue weighted by Gasteiger charge is 2.40. The molecule has 1 amide bonds. The van der Waals surface area contributed by atoms with Crippen LogP contribution < -0.4 is 14.8 Å². The summed E-state index contributed by atoms with van der Waals surface area (Å²) in [6.45, 7) is 0. The summed E-state index contributed by atoms with van der Waals surface area (Å²) in [4.78, 5) is 12.4. The van der Waals surface area contributed by atoms with Crippen LogP contribution in [-0.2, 0) is 6.18 Å². The monoisotopic (exact) mass is 496 g/mol. The van der Waals surface area contributed by atoms with Crippen LogP contribution in [0.25, 0.3) is 11.4 Å². The number of carbonyl (C=O) groups excluding carboxylic acids is 1. The van der Waals surface area contributed by atoms with Gasteiger partial charge in [0.2, 0.25) is 0 Å². The number of anilines is 1. The van der Waals surface area contributed by atoms with Crippen LogP contribution in [0.5, 0.6) is 11.5 Å². The summed E-state index contributed by atoms with van der Waals surface area (Å²) >= 11 is 0. The van der Waals surface area contributed by atoms with E-state index in [9.17, 15) is 31.1 Å². The predicted octanol–water partition coefficient (Wildman–Crippen LogP) is 6.19. The zero-order valence-electron chi connectivity index (χ0n) is 17.3. The third-order valence-corrected chi connectivity index (χ3v) is 4.55. The maximum atomic E-state index is 13.8. The largest absolute Gasteiger partial charge is 0.573 e. The van der Waals surface area contributed by atoms with Crippen LogP contribution in [0.1, 0.15) is 5.69 Å². The van der Waals surface area contributed by atoms with Gasteiger partial charge in [0.15, 0.2) is 11.4 Å². The molecule has 0 unspecified atom stereocenters. The van der Waals surface area contributed by atoms with Crippen molar-refractivity contribution < 1.29 is 40.6 Å². The van der Waals surface area contributed by atoms with Gasteiger partial charge >= 0.3 is 18.6 Å². The molecule has 0 saturated carbocycles. The van der Waals surface area contributed by atoms with E-state index in [1.165, 1.54) is 6.07 Å². The Morgan fingerprint density at radius 1 is 0.886 bits per heavy atom. The minimum absolute atomic E-state index is 0.236. The summed E-state index contributed by atoms with van der Waals surface area (Å²) in [5.74, 6) is -1.52. The Balaban J connectivity index is 1.58. The van der Waals surface area contributed by atoms with Gasteiger partial charge in [0.25, 0.3) is 0 Å². The van der Waals surface area contributed by atoms with Gasteiger partial charge in [0.1, 0.15) is 5.75 Å². The van der Waals surface area contributed by atoms with Crippen LogP contribution in [0.15, 0.2) is 79.3 Å². The second-order valence-electron chi connectivity index (χ2n) is 6.93. The number of alkyl halides is 6. The SMILES string of the molecule is O=C(Nc1ccccc1-n1cccc1)Oc1cnn(-c2ccc(OC(F)(F)F)cc2)c1C(F)(F)F. The van der Waals surface area contributed by atoms with E-state index in [0.29, 0.717) is 16.6 Å². The summed E-state index contributed by atoms with van der Waals surface area (Å²) in [5.41, 5.74) is -0.854. The molecule has 4 aromatic rings. The molecule has 0 aliphatic carbocycles. The quantitative estimate of drug-likeness (QED) is 0.335. The first-order valence-corrected chi connectivity index (χ1v) is 9.74. The lowest BCUT2D eigenvalue weighted by atomic mass is 10.2. The lowest BCUT2D eigenvalue weighted by Crippen LogP contribution is -2.21. The number of benzene rings is 2. The standard InChI is InChI=1S/C22H14F6N4O3/c23-21(24,25)19-18(13-29-32(19)14-7-9-15(10-8-14)35-22(26,27)28)34-20(33)30-16-5-1-2-6-17(16)31-11-3-4-12-31/h1-13H,(H,30,33). The number of nitrogens with zero attached hydrogens (tertiary/aromatic N) is 3. The fraction of sp³-hybridized carbons (Fsp3) is 0.0909. The number of carbonyl (C=O) groups is 1.